The summed E-state index contributed by atoms with van der Waals surface area (Å²) >= 11 is 0. The van der Waals surface area contributed by atoms with Gasteiger partial charge in [-0.1, -0.05) is 30.3 Å². The monoisotopic (exact) mass is 175 g/mol. The fraction of sp³-hybridized carbons (Fsp3) is 0.111. The molecule has 0 fully saturated rings. The van der Waals surface area contributed by atoms with Crippen LogP contribution in [0.3, 0.4) is 0 Å². The van der Waals surface area contributed by atoms with E-state index >= 15 is 0 Å². The minimum absolute atomic E-state index is 0.0256. The molecule has 0 radical (unpaired) electrons. The Labute approximate surface area is 76.1 Å². The summed E-state index contributed by atoms with van der Waals surface area (Å²) in [7, 11) is 0. The second-order valence-corrected chi connectivity index (χ2v) is 2.30. The number of hydrogen-bond acceptors (Lipinski definition) is 3. The molecule has 0 unspecified atom stereocenters. The van der Waals surface area contributed by atoms with Crippen LogP contribution < -0.4 is 5.48 Å². The Morgan fingerprint density at radius 2 is 2.15 bits per heavy atom. The van der Waals surface area contributed by atoms with Crippen LogP contribution in [0.4, 0.5) is 0 Å². The zero-order valence-electron chi connectivity index (χ0n) is 6.94. The third-order valence-corrected chi connectivity index (χ3v) is 1.46. The quantitative estimate of drug-likeness (QED) is 0.304. The van der Waals surface area contributed by atoms with E-state index in [0.29, 0.717) is 5.84 Å². The molecule has 0 saturated carbocycles. The van der Waals surface area contributed by atoms with Gasteiger partial charge >= 0.3 is 0 Å². The van der Waals surface area contributed by atoms with E-state index in [1.807, 2.05) is 29.7 Å². The standard InChI is InChI=1S/C9H9N3O/c10-6-7-11-9(12-13)8-4-2-1-3-5-8/h1-5,13H,7H2,(H,11,12). The van der Waals surface area contributed by atoms with Crippen molar-refractivity contribution in [1.82, 2.24) is 5.48 Å². The molecule has 0 aromatic heterocycles. The van der Waals surface area contributed by atoms with Gasteiger partial charge in [0.15, 0.2) is 5.84 Å². The first kappa shape index (κ1) is 9.23. The van der Waals surface area contributed by atoms with Gasteiger partial charge in [-0.2, -0.15) is 5.26 Å². The number of amidine groups is 1. The van der Waals surface area contributed by atoms with E-state index < -0.39 is 0 Å². The molecule has 0 aliphatic heterocycles. The SMILES string of the molecule is N#CCN=C(NO)c1ccccc1. The first-order chi connectivity index (χ1) is 6.38. The minimum atomic E-state index is 0.0256. The van der Waals surface area contributed by atoms with Crippen LogP contribution in [0.5, 0.6) is 0 Å². The van der Waals surface area contributed by atoms with E-state index in [9.17, 15) is 0 Å². The number of nitriles is 1. The smallest absolute Gasteiger partial charge is 0.153 e. The average Bonchev–Trinajstić information content (AvgIpc) is 2.21. The van der Waals surface area contributed by atoms with Gasteiger partial charge in [0.2, 0.25) is 0 Å². The lowest BCUT2D eigenvalue weighted by molar-refractivity contribution is 0.235. The highest BCUT2D eigenvalue weighted by Crippen LogP contribution is 1.98. The lowest BCUT2D eigenvalue weighted by Gasteiger charge is -2.02. The molecule has 0 heterocycles. The van der Waals surface area contributed by atoms with Crippen molar-refractivity contribution in [3.8, 4) is 6.07 Å². The van der Waals surface area contributed by atoms with E-state index in [1.54, 1.807) is 12.1 Å². The van der Waals surface area contributed by atoms with E-state index in [4.69, 9.17) is 10.5 Å². The number of hydrogen-bond donors (Lipinski definition) is 2. The maximum absolute atomic E-state index is 8.72. The molecule has 0 spiro atoms. The Bertz CT molecular complexity index is 326. The molecule has 1 aromatic carbocycles. The largest absolute Gasteiger partial charge is 0.290 e. The zero-order chi connectivity index (χ0) is 9.52. The van der Waals surface area contributed by atoms with Crippen molar-refractivity contribution in [3.05, 3.63) is 35.9 Å². The highest BCUT2D eigenvalue weighted by molar-refractivity contribution is 5.97. The number of nitrogens with zero attached hydrogens (tertiary/aromatic N) is 2. The van der Waals surface area contributed by atoms with Gasteiger partial charge in [-0.25, -0.2) is 0 Å². The zero-order valence-corrected chi connectivity index (χ0v) is 6.94. The summed E-state index contributed by atoms with van der Waals surface area (Å²) in [4.78, 5) is 3.83. The van der Waals surface area contributed by atoms with Crippen LogP contribution in [0, 0.1) is 11.3 Å². The van der Waals surface area contributed by atoms with Crippen molar-refractivity contribution in [3.63, 3.8) is 0 Å². The molecule has 4 nitrogen and oxygen atoms in total. The first-order valence-electron chi connectivity index (χ1n) is 3.75. The summed E-state index contributed by atoms with van der Waals surface area (Å²) in [6, 6.07) is 11.0. The van der Waals surface area contributed by atoms with Crippen LogP contribution in [0.15, 0.2) is 35.3 Å². The van der Waals surface area contributed by atoms with Gasteiger partial charge in [0.1, 0.15) is 6.54 Å². The Kier molecular flexibility index (Phi) is 3.48. The molecule has 2 N–H and O–H groups in total. The Hall–Kier alpha value is -1.86. The molecule has 0 aliphatic carbocycles. The highest BCUT2D eigenvalue weighted by atomic mass is 16.5. The topological polar surface area (TPSA) is 68.4 Å². The van der Waals surface area contributed by atoms with Crippen molar-refractivity contribution in [2.24, 2.45) is 4.99 Å². The maximum atomic E-state index is 8.72. The molecule has 0 saturated heterocycles. The van der Waals surface area contributed by atoms with E-state index in [-0.39, 0.29) is 6.54 Å². The predicted octanol–water partition coefficient (Wildman–Crippen LogP) is 0.936. The fourth-order valence-electron chi connectivity index (χ4n) is 0.902. The third-order valence-electron chi connectivity index (χ3n) is 1.46. The van der Waals surface area contributed by atoms with Gasteiger partial charge in [-0.3, -0.25) is 15.7 Å². The molecular weight excluding hydrogens is 166 g/mol. The number of hydroxylamine groups is 1. The van der Waals surface area contributed by atoms with Crippen LogP contribution in [0.25, 0.3) is 0 Å². The molecule has 0 aliphatic rings. The molecule has 1 rings (SSSR count). The van der Waals surface area contributed by atoms with E-state index in [0.717, 1.165) is 5.56 Å². The summed E-state index contributed by atoms with van der Waals surface area (Å²) in [5, 5.41) is 17.0. The van der Waals surface area contributed by atoms with Gasteiger partial charge in [-0.15, -0.1) is 0 Å². The van der Waals surface area contributed by atoms with Crippen molar-refractivity contribution < 1.29 is 5.21 Å². The van der Waals surface area contributed by atoms with Crippen LogP contribution in [-0.2, 0) is 0 Å². The van der Waals surface area contributed by atoms with E-state index in [1.165, 1.54) is 0 Å². The van der Waals surface area contributed by atoms with Crippen molar-refractivity contribution in [2.45, 2.75) is 0 Å². The molecule has 0 atom stereocenters. The molecule has 0 amide bonds. The lowest BCUT2D eigenvalue weighted by atomic mass is 10.2. The number of benzene rings is 1. The van der Waals surface area contributed by atoms with Gasteiger partial charge in [-0.05, 0) is 0 Å². The molecule has 0 bridgehead atoms. The van der Waals surface area contributed by atoms with Gasteiger partial charge in [0.05, 0.1) is 6.07 Å². The fourth-order valence-corrected chi connectivity index (χ4v) is 0.902. The number of rotatable bonds is 2. The minimum Gasteiger partial charge on any atom is -0.290 e. The second-order valence-electron chi connectivity index (χ2n) is 2.30. The van der Waals surface area contributed by atoms with Crippen molar-refractivity contribution >= 4 is 5.84 Å². The maximum Gasteiger partial charge on any atom is 0.153 e. The Balaban J connectivity index is 2.86. The third kappa shape index (κ3) is 2.58. The summed E-state index contributed by atoms with van der Waals surface area (Å²) in [5.74, 6) is 0.308. The van der Waals surface area contributed by atoms with Gasteiger partial charge in [0, 0.05) is 5.56 Å². The molecular formula is C9H9N3O. The number of aliphatic imine (C=N–C) groups is 1. The average molecular weight is 175 g/mol. The molecule has 66 valence electrons. The van der Waals surface area contributed by atoms with Crippen LogP contribution in [0.2, 0.25) is 0 Å². The van der Waals surface area contributed by atoms with Gasteiger partial charge in [0.25, 0.3) is 0 Å². The van der Waals surface area contributed by atoms with Crippen LogP contribution in [-0.4, -0.2) is 17.6 Å². The highest BCUT2D eigenvalue weighted by Gasteiger charge is 1.98. The van der Waals surface area contributed by atoms with Crippen LogP contribution >= 0.6 is 0 Å². The molecule has 13 heavy (non-hydrogen) atoms. The Morgan fingerprint density at radius 1 is 1.46 bits per heavy atom. The first-order valence-corrected chi connectivity index (χ1v) is 3.75. The second kappa shape index (κ2) is 4.91. The Morgan fingerprint density at radius 3 is 2.69 bits per heavy atom. The van der Waals surface area contributed by atoms with Crippen LogP contribution in [0.1, 0.15) is 5.56 Å². The summed E-state index contributed by atoms with van der Waals surface area (Å²) in [6.45, 7) is 0.0256. The van der Waals surface area contributed by atoms with Gasteiger partial charge < -0.3 is 0 Å². The van der Waals surface area contributed by atoms with Crippen molar-refractivity contribution in [2.75, 3.05) is 6.54 Å². The summed E-state index contributed by atoms with van der Waals surface area (Å²) < 4.78 is 0. The van der Waals surface area contributed by atoms with E-state index in [2.05, 4.69) is 4.99 Å². The summed E-state index contributed by atoms with van der Waals surface area (Å²) in [6.07, 6.45) is 0. The summed E-state index contributed by atoms with van der Waals surface area (Å²) in [5.41, 5.74) is 2.70. The number of nitrogens with one attached hydrogen (secondary N) is 1. The normalized spacial score (nSPS) is 10.6. The lowest BCUT2D eigenvalue weighted by Crippen LogP contribution is -2.20. The van der Waals surface area contributed by atoms with Crippen molar-refractivity contribution in [1.29, 1.82) is 5.26 Å². The molecule has 4 heteroatoms. The molecule has 1 aromatic rings. The predicted molar refractivity (Wildman–Crippen MR) is 48.4 cm³/mol.